The van der Waals surface area contributed by atoms with Gasteiger partial charge in [0.05, 0.1) is 32.5 Å². The monoisotopic (exact) mass is 506 g/mol. The number of esters is 1. The third-order valence-corrected chi connectivity index (χ3v) is 6.44. The van der Waals surface area contributed by atoms with Crippen molar-refractivity contribution in [1.82, 2.24) is 4.90 Å². The lowest BCUT2D eigenvalue weighted by Gasteiger charge is -2.35. The number of fused-ring (bicyclic) bond motifs is 1. The van der Waals surface area contributed by atoms with Crippen LogP contribution in [0.1, 0.15) is 39.7 Å². The van der Waals surface area contributed by atoms with Crippen molar-refractivity contribution in [2.75, 3.05) is 20.8 Å². The van der Waals surface area contributed by atoms with Crippen molar-refractivity contribution in [3.8, 4) is 5.75 Å². The summed E-state index contributed by atoms with van der Waals surface area (Å²) in [6.07, 6.45) is 2.43. The molecule has 1 amide bonds. The average molecular weight is 507 g/mol. The predicted octanol–water partition coefficient (Wildman–Crippen LogP) is 4.15. The molecule has 0 spiro atoms. The molecular formula is C25H34N2O7S. The minimum absolute atomic E-state index is 0.287. The Morgan fingerprint density at radius 3 is 2.60 bits per heavy atom. The first-order chi connectivity index (χ1) is 16.6. The third-order valence-electron chi connectivity index (χ3n) is 5.23. The van der Waals surface area contributed by atoms with Gasteiger partial charge in [0.1, 0.15) is 22.8 Å². The van der Waals surface area contributed by atoms with Crippen molar-refractivity contribution >= 4 is 29.0 Å². The van der Waals surface area contributed by atoms with Crippen LogP contribution in [0.15, 0.2) is 41.4 Å². The van der Waals surface area contributed by atoms with Crippen molar-refractivity contribution in [2.24, 2.45) is 4.99 Å². The van der Waals surface area contributed by atoms with E-state index in [9.17, 15) is 9.59 Å². The van der Waals surface area contributed by atoms with Crippen LogP contribution in [-0.4, -0.2) is 72.2 Å². The number of nitrogens with zero attached hydrogens (tertiary/aromatic N) is 2. The van der Waals surface area contributed by atoms with Gasteiger partial charge in [0.2, 0.25) is 0 Å². The number of ether oxygens (including phenoxy) is 5. The van der Waals surface area contributed by atoms with Gasteiger partial charge in [-0.25, -0.2) is 9.59 Å². The fourth-order valence-electron chi connectivity index (χ4n) is 3.52. The smallest absolute Gasteiger partial charge is 0.416 e. The highest BCUT2D eigenvalue weighted by Gasteiger charge is 2.45. The lowest BCUT2D eigenvalue weighted by molar-refractivity contribution is -0.137. The van der Waals surface area contributed by atoms with E-state index in [4.69, 9.17) is 28.7 Å². The van der Waals surface area contributed by atoms with Gasteiger partial charge in [0, 0.05) is 19.5 Å². The number of thioether (sulfide) groups is 1. The van der Waals surface area contributed by atoms with Crippen LogP contribution in [0.4, 0.5) is 4.79 Å². The van der Waals surface area contributed by atoms with Gasteiger partial charge in [-0.1, -0.05) is 23.9 Å². The molecule has 2 aliphatic rings. The molecule has 0 unspecified atom stereocenters. The quantitative estimate of drug-likeness (QED) is 0.402. The van der Waals surface area contributed by atoms with Gasteiger partial charge >= 0.3 is 12.1 Å². The second-order valence-corrected chi connectivity index (χ2v) is 10.2. The molecule has 0 N–H and O–H groups in total. The molecule has 10 heteroatoms. The van der Waals surface area contributed by atoms with Gasteiger partial charge in [-0.2, -0.15) is 0 Å². The first kappa shape index (κ1) is 27.0. The van der Waals surface area contributed by atoms with Crippen LogP contribution in [0.2, 0.25) is 0 Å². The number of methoxy groups -OCH3 is 1. The number of rotatable bonds is 7. The van der Waals surface area contributed by atoms with Crippen LogP contribution in [0.5, 0.6) is 5.75 Å². The number of carbonyl (C=O) groups excluding carboxylic acids is 2. The molecule has 2 heterocycles. The molecule has 0 bridgehead atoms. The van der Waals surface area contributed by atoms with Crippen molar-refractivity contribution in [1.29, 1.82) is 0 Å². The number of hydrogen-bond donors (Lipinski definition) is 0. The Morgan fingerprint density at radius 2 is 1.97 bits per heavy atom. The lowest BCUT2D eigenvalue weighted by atomic mass is 10.0. The molecule has 192 valence electrons. The summed E-state index contributed by atoms with van der Waals surface area (Å²) in [6.45, 7) is 7.88. The van der Waals surface area contributed by atoms with Crippen LogP contribution < -0.4 is 4.74 Å². The second kappa shape index (κ2) is 11.9. The van der Waals surface area contributed by atoms with E-state index in [-0.39, 0.29) is 23.7 Å². The zero-order valence-corrected chi connectivity index (χ0v) is 21.9. The van der Waals surface area contributed by atoms with E-state index < -0.39 is 17.7 Å². The summed E-state index contributed by atoms with van der Waals surface area (Å²) >= 11 is 1.34. The summed E-state index contributed by atoms with van der Waals surface area (Å²) in [5.41, 5.74) is 0.000328. The minimum Gasteiger partial charge on any atom is -0.497 e. The highest BCUT2D eigenvalue weighted by Crippen LogP contribution is 2.39. The van der Waals surface area contributed by atoms with E-state index in [0.717, 1.165) is 11.3 Å². The van der Waals surface area contributed by atoms with Gasteiger partial charge in [0.25, 0.3) is 0 Å². The van der Waals surface area contributed by atoms with Crippen LogP contribution >= 0.6 is 11.8 Å². The van der Waals surface area contributed by atoms with E-state index in [1.54, 1.807) is 27.2 Å². The van der Waals surface area contributed by atoms with Gasteiger partial charge in [-0.15, -0.1) is 0 Å². The van der Waals surface area contributed by atoms with Gasteiger partial charge in [-0.05, 0) is 51.5 Å². The van der Waals surface area contributed by atoms with Crippen LogP contribution in [-0.2, 0) is 30.3 Å². The van der Waals surface area contributed by atoms with E-state index in [2.05, 4.69) is 0 Å². The Bertz CT molecular complexity index is 942. The van der Waals surface area contributed by atoms with Crippen LogP contribution in [0.25, 0.3) is 0 Å². The zero-order chi connectivity index (χ0) is 25.6. The molecular weight excluding hydrogens is 472 g/mol. The maximum absolute atomic E-state index is 12.6. The number of benzene rings is 1. The number of aliphatic imine (C=N–C) groups is 1. The minimum atomic E-state index is -0.620. The van der Waals surface area contributed by atoms with E-state index >= 15 is 0 Å². The lowest BCUT2D eigenvalue weighted by Crippen LogP contribution is -2.44. The molecule has 2 aliphatic heterocycles. The SMILES string of the molecule is CCOC(=O)/C=C/[C@@H]1C[C@H](OCc2ccc(OC)cc2)[C@H]2N=C(N(C)C(=O)OC(C)(C)C)S[C@H]2O1. The maximum atomic E-state index is 12.6. The molecule has 9 nitrogen and oxygen atoms in total. The zero-order valence-electron chi connectivity index (χ0n) is 21.1. The van der Waals surface area contributed by atoms with E-state index in [1.165, 1.54) is 22.7 Å². The second-order valence-electron chi connectivity index (χ2n) is 9.15. The Hall–Kier alpha value is -2.56. The summed E-state index contributed by atoms with van der Waals surface area (Å²) in [6, 6.07) is 7.34. The van der Waals surface area contributed by atoms with Gasteiger partial charge < -0.3 is 23.7 Å². The molecule has 1 aromatic rings. The Kier molecular flexibility index (Phi) is 9.21. The molecule has 0 radical (unpaired) electrons. The first-order valence-electron chi connectivity index (χ1n) is 11.6. The average Bonchev–Trinajstić information content (AvgIpc) is 3.24. The largest absolute Gasteiger partial charge is 0.497 e. The van der Waals surface area contributed by atoms with Crippen LogP contribution in [0, 0.1) is 0 Å². The molecule has 0 aliphatic carbocycles. The first-order valence-corrected chi connectivity index (χ1v) is 12.4. The number of carbonyl (C=O) groups is 2. The van der Waals surface area contributed by atoms with Gasteiger partial charge in [0.15, 0.2) is 5.17 Å². The van der Waals surface area contributed by atoms with Crippen molar-refractivity contribution < 1.29 is 33.3 Å². The third kappa shape index (κ3) is 7.71. The highest BCUT2D eigenvalue weighted by molar-refractivity contribution is 8.14. The molecule has 1 fully saturated rings. The molecule has 1 aromatic carbocycles. The van der Waals surface area contributed by atoms with Crippen molar-refractivity contribution in [3.05, 3.63) is 42.0 Å². The standard InChI is InChI=1S/C25H34N2O7S/c1-7-31-20(28)13-12-18-14-19(32-15-16-8-10-17(30-6)11-9-16)21-22(33-18)35-23(26-21)27(5)24(29)34-25(2,3)4/h8-13,18-19,21-22H,7,14-15H2,1-6H3/b13-12+/t18-,19+,21-,22-/m1/s1. The maximum Gasteiger partial charge on any atom is 0.416 e. The fourth-order valence-corrected chi connectivity index (χ4v) is 4.72. The van der Waals surface area contributed by atoms with Crippen molar-refractivity contribution in [2.45, 2.75) is 70.0 Å². The summed E-state index contributed by atoms with van der Waals surface area (Å²) in [7, 11) is 3.25. The molecule has 0 aromatic heterocycles. The topological polar surface area (TPSA) is 95.9 Å². The number of hydrogen-bond acceptors (Lipinski definition) is 9. The number of amides is 1. The van der Waals surface area contributed by atoms with Gasteiger partial charge in [-0.3, -0.25) is 9.89 Å². The normalized spacial score (nSPS) is 24.0. The molecule has 3 rings (SSSR count). The van der Waals surface area contributed by atoms with Crippen molar-refractivity contribution in [3.63, 3.8) is 0 Å². The van der Waals surface area contributed by atoms with Crippen LogP contribution in [0.3, 0.4) is 0 Å². The Morgan fingerprint density at radius 1 is 1.26 bits per heavy atom. The molecule has 0 saturated carbocycles. The summed E-state index contributed by atoms with van der Waals surface area (Å²) < 4.78 is 28.1. The molecule has 1 saturated heterocycles. The van der Waals surface area contributed by atoms with E-state index in [1.807, 2.05) is 45.0 Å². The Labute approximate surface area is 210 Å². The summed E-state index contributed by atoms with van der Waals surface area (Å²) in [4.78, 5) is 30.5. The fraction of sp³-hybridized carbons (Fsp3) is 0.560. The molecule has 35 heavy (non-hydrogen) atoms. The summed E-state index contributed by atoms with van der Waals surface area (Å²) in [5.74, 6) is 0.352. The predicted molar refractivity (Wildman–Crippen MR) is 133 cm³/mol. The number of amidine groups is 1. The summed E-state index contributed by atoms with van der Waals surface area (Å²) in [5, 5.41) is 0.502. The Balaban J connectivity index is 1.74. The highest BCUT2D eigenvalue weighted by atomic mass is 32.2. The molecule has 4 atom stereocenters. The van der Waals surface area contributed by atoms with E-state index in [0.29, 0.717) is 24.8 Å².